The summed E-state index contributed by atoms with van der Waals surface area (Å²) in [7, 11) is 0. The number of carbonyl (C=O) groups is 5. The largest absolute Gasteiger partial charge is 0.464 e. The van der Waals surface area contributed by atoms with E-state index in [1.54, 1.807) is 50.0 Å². The van der Waals surface area contributed by atoms with Crippen LogP contribution < -0.4 is 21.9 Å². The van der Waals surface area contributed by atoms with Crippen LogP contribution in [0.2, 0.25) is 0 Å². The number of esters is 3. The molecule has 1 aliphatic rings. The first-order chi connectivity index (χ1) is 22.9. The first kappa shape index (κ1) is 38.3. The number of aromatic nitrogens is 2. The molecule has 1 fully saturated rings. The van der Waals surface area contributed by atoms with Gasteiger partial charge in [0.05, 0.1) is 25.5 Å². The fourth-order valence-corrected chi connectivity index (χ4v) is 4.72. The van der Waals surface area contributed by atoms with Crippen molar-refractivity contribution in [3.05, 3.63) is 68.7 Å². The van der Waals surface area contributed by atoms with Crippen LogP contribution >= 0.6 is 0 Å². The molecular formula is C31H39FN4O13. The summed E-state index contributed by atoms with van der Waals surface area (Å²) in [6, 6.07) is 6.11. The van der Waals surface area contributed by atoms with Gasteiger partial charge < -0.3 is 39.1 Å². The van der Waals surface area contributed by atoms with Crippen molar-refractivity contribution in [2.24, 2.45) is 0 Å². The molecule has 6 unspecified atom stereocenters. The third-order valence-corrected chi connectivity index (χ3v) is 6.62. The maximum absolute atomic E-state index is 14.3. The van der Waals surface area contributed by atoms with E-state index in [1.807, 2.05) is 6.07 Å². The smallest absolute Gasteiger partial charge is 0.408 e. The van der Waals surface area contributed by atoms with E-state index < -0.39 is 95.8 Å². The number of halogens is 1. The summed E-state index contributed by atoms with van der Waals surface area (Å²) < 4.78 is 47.8. The lowest BCUT2D eigenvalue weighted by molar-refractivity contribution is -0.166. The highest BCUT2D eigenvalue weighted by molar-refractivity contribution is 5.86. The van der Waals surface area contributed by atoms with Crippen molar-refractivity contribution in [2.75, 3.05) is 13.2 Å². The van der Waals surface area contributed by atoms with Gasteiger partial charge in [0.25, 0.3) is 5.56 Å². The summed E-state index contributed by atoms with van der Waals surface area (Å²) in [6.07, 6.45) is -6.97. The number of rotatable bonds is 13. The van der Waals surface area contributed by atoms with Crippen molar-refractivity contribution in [2.45, 2.75) is 90.4 Å². The highest BCUT2D eigenvalue weighted by Gasteiger charge is 2.54. The standard InChI is InChI=1S/C31H39FN4O13/c1-16(37)45-15-21(33-27(41)22(34-30(43)49-31(4,5)6)14-44-13-19-10-8-7-9-11-19)23-24(46-17(2)38)25(47-18(3)39)28(48-23)36-12-20(32)26(40)35-29(36)42/h7-12,21-25,28H,13-15H2,1-6H3,(H,33,41)(H,34,43)(H,35,40,42). The minimum absolute atomic E-state index is 0.0635. The molecule has 1 aromatic carbocycles. The van der Waals surface area contributed by atoms with Gasteiger partial charge in [-0.15, -0.1) is 0 Å². The molecule has 18 heteroatoms. The highest BCUT2D eigenvalue weighted by atomic mass is 19.1. The number of amides is 2. The third-order valence-electron chi connectivity index (χ3n) is 6.62. The molecule has 17 nitrogen and oxygen atoms in total. The second-order valence-electron chi connectivity index (χ2n) is 11.9. The van der Waals surface area contributed by atoms with E-state index in [2.05, 4.69) is 10.6 Å². The van der Waals surface area contributed by atoms with Gasteiger partial charge >= 0.3 is 29.7 Å². The number of hydrogen-bond acceptors (Lipinski definition) is 13. The maximum atomic E-state index is 14.3. The summed E-state index contributed by atoms with van der Waals surface area (Å²) in [5, 5.41) is 5.00. The van der Waals surface area contributed by atoms with Gasteiger partial charge in [-0.05, 0) is 26.3 Å². The van der Waals surface area contributed by atoms with E-state index in [1.165, 1.54) is 0 Å². The molecule has 0 aliphatic carbocycles. The number of H-pyrrole nitrogens is 1. The summed E-state index contributed by atoms with van der Waals surface area (Å²) in [5.41, 5.74) is -2.67. The fourth-order valence-electron chi connectivity index (χ4n) is 4.72. The summed E-state index contributed by atoms with van der Waals surface area (Å²) >= 11 is 0. The van der Waals surface area contributed by atoms with E-state index in [0.717, 1.165) is 26.3 Å². The number of nitrogens with zero attached hydrogens (tertiary/aromatic N) is 1. The van der Waals surface area contributed by atoms with Crippen LogP contribution in [0.4, 0.5) is 9.18 Å². The molecule has 2 aromatic rings. The molecule has 0 saturated carbocycles. The monoisotopic (exact) mass is 694 g/mol. The van der Waals surface area contributed by atoms with Crippen LogP contribution in [0.15, 0.2) is 46.1 Å². The van der Waals surface area contributed by atoms with Gasteiger partial charge in [0.2, 0.25) is 11.7 Å². The van der Waals surface area contributed by atoms with E-state index in [-0.39, 0.29) is 13.2 Å². The molecule has 2 heterocycles. The van der Waals surface area contributed by atoms with Crippen LogP contribution in [0, 0.1) is 5.82 Å². The minimum Gasteiger partial charge on any atom is -0.464 e. The van der Waals surface area contributed by atoms with E-state index in [9.17, 15) is 38.0 Å². The molecule has 6 atom stereocenters. The van der Waals surface area contributed by atoms with Crippen LogP contribution in [0.5, 0.6) is 0 Å². The zero-order valence-electron chi connectivity index (χ0n) is 27.7. The van der Waals surface area contributed by atoms with Gasteiger partial charge in [0, 0.05) is 20.8 Å². The Morgan fingerprint density at radius 3 is 2.16 bits per heavy atom. The molecule has 2 amide bonds. The number of alkyl carbamates (subject to hydrolysis) is 1. The van der Waals surface area contributed by atoms with Gasteiger partial charge in [0.15, 0.2) is 18.4 Å². The Morgan fingerprint density at radius 1 is 0.939 bits per heavy atom. The van der Waals surface area contributed by atoms with Gasteiger partial charge in [-0.25, -0.2) is 9.59 Å². The number of nitrogens with one attached hydrogen (secondary N) is 3. The normalized spacial score (nSPS) is 20.0. The van der Waals surface area contributed by atoms with Crippen LogP contribution in [-0.2, 0) is 54.2 Å². The lowest BCUT2D eigenvalue weighted by Gasteiger charge is -2.30. The number of hydrogen-bond donors (Lipinski definition) is 3. The van der Waals surface area contributed by atoms with Gasteiger partial charge in [-0.3, -0.25) is 33.5 Å². The van der Waals surface area contributed by atoms with Crippen molar-refractivity contribution in [1.82, 2.24) is 20.2 Å². The van der Waals surface area contributed by atoms with Crippen LogP contribution in [0.25, 0.3) is 0 Å². The summed E-state index contributed by atoms with van der Waals surface area (Å²) in [5.74, 6) is -4.92. The molecule has 3 rings (SSSR count). The average molecular weight is 695 g/mol. The van der Waals surface area contributed by atoms with Crippen molar-refractivity contribution in [3.8, 4) is 0 Å². The minimum atomic E-state index is -1.72. The topological polar surface area (TPSA) is 220 Å². The molecule has 0 bridgehead atoms. The average Bonchev–Trinajstić information content (AvgIpc) is 3.31. The highest BCUT2D eigenvalue weighted by Crippen LogP contribution is 2.35. The van der Waals surface area contributed by atoms with E-state index in [0.29, 0.717) is 10.8 Å². The van der Waals surface area contributed by atoms with Gasteiger partial charge in [-0.1, -0.05) is 30.3 Å². The second-order valence-corrected chi connectivity index (χ2v) is 11.9. The Kier molecular flexibility index (Phi) is 13.2. The van der Waals surface area contributed by atoms with Crippen molar-refractivity contribution >= 4 is 29.9 Å². The summed E-state index contributed by atoms with van der Waals surface area (Å²) in [6.45, 7) is 7.02. The van der Waals surface area contributed by atoms with Crippen LogP contribution in [0.1, 0.15) is 53.3 Å². The van der Waals surface area contributed by atoms with E-state index in [4.69, 9.17) is 28.4 Å². The SMILES string of the molecule is CC(=O)OCC(NC(=O)C(COCc1ccccc1)NC(=O)OC(C)(C)C)C1OC(n2cc(F)c(=O)[nH]c2=O)C(OC(C)=O)C1OC(C)=O. The van der Waals surface area contributed by atoms with E-state index >= 15 is 0 Å². The zero-order chi connectivity index (χ0) is 36.5. The number of aromatic amines is 1. The Balaban J connectivity index is 2.00. The molecule has 0 radical (unpaired) electrons. The zero-order valence-corrected chi connectivity index (χ0v) is 27.7. The van der Waals surface area contributed by atoms with Crippen molar-refractivity contribution in [3.63, 3.8) is 0 Å². The van der Waals surface area contributed by atoms with Gasteiger partial charge in [-0.2, -0.15) is 4.39 Å². The lowest BCUT2D eigenvalue weighted by Crippen LogP contribution is -2.58. The van der Waals surface area contributed by atoms with Crippen LogP contribution in [-0.4, -0.2) is 88.7 Å². The molecule has 49 heavy (non-hydrogen) atoms. The molecule has 3 N–H and O–H groups in total. The predicted molar refractivity (Wildman–Crippen MR) is 164 cm³/mol. The maximum Gasteiger partial charge on any atom is 0.408 e. The lowest BCUT2D eigenvalue weighted by atomic mass is 10.0. The second kappa shape index (κ2) is 16.8. The molecule has 1 aliphatic heterocycles. The van der Waals surface area contributed by atoms with Crippen molar-refractivity contribution in [1.29, 1.82) is 0 Å². The van der Waals surface area contributed by atoms with Crippen molar-refractivity contribution < 1.29 is 56.8 Å². The number of benzene rings is 1. The first-order valence-electron chi connectivity index (χ1n) is 15.0. The third kappa shape index (κ3) is 11.5. The molecule has 268 valence electrons. The number of ether oxygens (including phenoxy) is 6. The molecular weight excluding hydrogens is 655 g/mol. The Hall–Kier alpha value is -5.10. The predicted octanol–water partition coefficient (Wildman–Crippen LogP) is 0.595. The summed E-state index contributed by atoms with van der Waals surface area (Å²) in [4.78, 5) is 88.9. The fraction of sp³-hybridized carbons (Fsp3) is 0.516. The first-order valence-corrected chi connectivity index (χ1v) is 15.0. The Morgan fingerprint density at radius 2 is 1.57 bits per heavy atom. The quantitative estimate of drug-likeness (QED) is 0.193. The van der Waals surface area contributed by atoms with Crippen LogP contribution in [0.3, 0.4) is 0 Å². The molecule has 1 aromatic heterocycles. The Labute approximate surface area is 279 Å². The Bertz CT molecular complexity index is 1620. The molecule has 0 spiro atoms. The molecule has 1 saturated heterocycles. The van der Waals surface area contributed by atoms with Gasteiger partial charge in [0.1, 0.15) is 24.4 Å². The number of carbonyl (C=O) groups excluding carboxylic acids is 5.